The normalized spacial score (nSPS) is 14.4. The lowest BCUT2D eigenvalue weighted by atomic mass is 9.95. The molecule has 0 bridgehead atoms. The molecule has 0 spiro atoms. The summed E-state index contributed by atoms with van der Waals surface area (Å²) in [6.45, 7) is 3.37. The lowest BCUT2D eigenvalue weighted by molar-refractivity contribution is -0.120. The summed E-state index contributed by atoms with van der Waals surface area (Å²) in [6.07, 6.45) is 1.35. The number of carbonyl (C=O) groups is 1. The molecular weight excluding hydrogens is 433 g/mol. The highest BCUT2D eigenvalue weighted by atomic mass is 19.1. The van der Waals surface area contributed by atoms with E-state index in [4.69, 9.17) is 9.84 Å². The Morgan fingerprint density at radius 3 is 2.53 bits per heavy atom. The Labute approximate surface area is 197 Å². The average molecular weight is 460 g/mol. The van der Waals surface area contributed by atoms with Crippen molar-refractivity contribution in [2.24, 2.45) is 5.92 Å². The minimum absolute atomic E-state index is 0.137. The fourth-order valence-corrected chi connectivity index (χ4v) is 4.38. The van der Waals surface area contributed by atoms with E-state index in [0.29, 0.717) is 25.9 Å². The summed E-state index contributed by atoms with van der Waals surface area (Å²) >= 11 is 0. The van der Waals surface area contributed by atoms with Crippen LogP contribution in [0.5, 0.6) is 5.75 Å². The van der Waals surface area contributed by atoms with Crippen LogP contribution in [0, 0.1) is 18.7 Å². The maximum atomic E-state index is 13.9. The van der Waals surface area contributed by atoms with Crippen LogP contribution in [0.1, 0.15) is 18.5 Å². The fraction of sp³-hybridized carbons (Fsp3) is 0.269. The van der Waals surface area contributed by atoms with E-state index in [0.717, 1.165) is 34.2 Å². The quantitative estimate of drug-likeness (QED) is 0.468. The van der Waals surface area contributed by atoms with E-state index >= 15 is 0 Å². The molecule has 4 aromatic rings. The van der Waals surface area contributed by atoms with Gasteiger partial charge in [0.2, 0.25) is 5.91 Å². The van der Waals surface area contributed by atoms with E-state index in [1.54, 1.807) is 25.3 Å². The van der Waals surface area contributed by atoms with Crippen molar-refractivity contribution in [3.8, 4) is 17.0 Å². The third-order valence-electron chi connectivity index (χ3n) is 6.24. The molecule has 1 aliphatic heterocycles. The highest BCUT2D eigenvalue weighted by Gasteiger charge is 2.27. The minimum Gasteiger partial charge on any atom is -0.497 e. The molecule has 34 heavy (non-hydrogen) atoms. The number of rotatable bonds is 5. The van der Waals surface area contributed by atoms with E-state index in [-0.39, 0.29) is 17.5 Å². The minimum atomic E-state index is -0.422. The van der Waals surface area contributed by atoms with Gasteiger partial charge in [0.1, 0.15) is 17.4 Å². The Morgan fingerprint density at radius 1 is 1.09 bits per heavy atom. The van der Waals surface area contributed by atoms with Gasteiger partial charge in [0, 0.05) is 42.4 Å². The SMILES string of the molecule is COc1ccc(-c2cc3nc(C)cc(N4CCC(C(=O)Nc5ccccc5F)CC4)n3n2)cc1. The lowest BCUT2D eigenvalue weighted by Crippen LogP contribution is -2.39. The summed E-state index contributed by atoms with van der Waals surface area (Å²) in [5.41, 5.74) is 3.73. The third-order valence-corrected chi connectivity index (χ3v) is 6.24. The second-order valence-corrected chi connectivity index (χ2v) is 8.51. The van der Waals surface area contributed by atoms with Crippen molar-refractivity contribution in [2.75, 3.05) is 30.4 Å². The predicted octanol–water partition coefficient (Wildman–Crippen LogP) is 4.71. The number of amides is 1. The molecule has 0 unspecified atom stereocenters. The molecule has 8 heteroatoms. The van der Waals surface area contributed by atoms with Crippen LogP contribution in [0.25, 0.3) is 16.9 Å². The van der Waals surface area contributed by atoms with E-state index in [2.05, 4.69) is 15.2 Å². The van der Waals surface area contributed by atoms with E-state index < -0.39 is 5.82 Å². The van der Waals surface area contributed by atoms with Gasteiger partial charge in [0.05, 0.1) is 18.5 Å². The summed E-state index contributed by atoms with van der Waals surface area (Å²) in [5.74, 6) is 1.03. The second kappa shape index (κ2) is 9.13. The summed E-state index contributed by atoms with van der Waals surface area (Å²) in [7, 11) is 1.64. The van der Waals surface area contributed by atoms with Gasteiger partial charge in [-0.25, -0.2) is 9.37 Å². The molecule has 1 saturated heterocycles. The largest absolute Gasteiger partial charge is 0.497 e. The highest BCUT2D eigenvalue weighted by Crippen LogP contribution is 2.28. The third kappa shape index (κ3) is 4.31. The number of halogens is 1. The molecule has 7 nitrogen and oxygen atoms in total. The Balaban J connectivity index is 1.34. The number of para-hydroxylation sites is 1. The molecule has 174 valence electrons. The number of anilines is 2. The zero-order valence-corrected chi connectivity index (χ0v) is 19.2. The lowest BCUT2D eigenvalue weighted by Gasteiger charge is -2.33. The first-order valence-electron chi connectivity index (χ1n) is 11.3. The smallest absolute Gasteiger partial charge is 0.227 e. The van der Waals surface area contributed by atoms with Crippen molar-refractivity contribution < 1.29 is 13.9 Å². The van der Waals surface area contributed by atoms with E-state index in [9.17, 15) is 9.18 Å². The van der Waals surface area contributed by atoms with Crippen LogP contribution in [0.3, 0.4) is 0 Å². The van der Waals surface area contributed by atoms with Crippen molar-refractivity contribution >= 4 is 23.1 Å². The average Bonchev–Trinajstić information content (AvgIpc) is 3.29. The maximum absolute atomic E-state index is 13.9. The van der Waals surface area contributed by atoms with Gasteiger partial charge in [-0.05, 0) is 56.2 Å². The number of carbonyl (C=O) groups excluding carboxylic acids is 1. The van der Waals surface area contributed by atoms with Crippen molar-refractivity contribution in [1.29, 1.82) is 0 Å². The van der Waals surface area contributed by atoms with Crippen LogP contribution in [0.2, 0.25) is 0 Å². The van der Waals surface area contributed by atoms with Gasteiger partial charge in [-0.3, -0.25) is 4.79 Å². The standard InChI is InChI=1S/C26H26FN5O2/c1-17-15-25(32-24(28-17)16-23(30-32)18-7-9-20(34-2)10-8-18)31-13-11-19(12-14-31)26(33)29-22-6-4-3-5-21(22)27/h3-10,15-16,19H,11-14H2,1-2H3,(H,29,33). The van der Waals surface area contributed by atoms with Gasteiger partial charge in [-0.2, -0.15) is 9.61 Å². The Bertz CT molecular complexity index is 1330. The topological polar surface area (TPSA) is 71.8 Å². The zero-order chi connectivity index (χ0) is 23.7. The van der Waals surface area contributed by atoms with Gasteiger partial charge in [-0.1, -0.05) is 12.1 Å². The Hall–Kier alpha value is -3.94. The number of hydrogen-bond donors (Lipinski definition) is 1. The number of piperidine rings is 1. The first-order valence-corrected chi connectivity index (χ1v) is 11.3. The number of ether oxygens (including phenoxy) is 1. The van der Waals surface area contributed by atoms with Crippen molar-refractivity contribution in [2.45, 2.75) is 19.8 Å². The highest BCUT2D eigenvalue weighted by molar-refractivity contribution is 5.92. The van der Waals surface area contributed by atoms with Crippen LogP contribution < -0.4 is 15.0 Å². The molecule has 1 aliphatic rings. The molecule has 3 heterocycles. The summed E-state index contributed by atoms with van der Waals surface area (Å²) in [5, 5.41) is 7.56. The number of nitrogens with one attached hydrogen (secondary N) is 1. The van der Waals surface area contributed by atoms with Crippen LogP contribution in [0.15, 0.2) is 60.7 Å². The van der Waals surface area contributed by atoms with Crippen LogP contribution >= 0.6 is 0 Å². The number of nitrogens with zero attached hydrogens (tertiary/aromatic N) is 4. The molecule has 2 aromatic carbocycles. The molecule has 1 fully saturated rings. The molecule has 2 aromatic heterocycles. The monoisotopic (exact) mass is 459 g/mol. The molecule has 0 radical (unpaired) electrons. The molecule has 0 saturated carbocycles. The molecule has 5 rings (SSSR count). The fourth-order valence-electron chi connectivity index (χ4n) is 4.38. The molecular formula is C26H26FN5O2. The number of hydrogen-bond acceptors (Lipinski definition) is 5. The summed E-state index contributed by atoms with van der Waals surface area (Å²) in [4.78, 5) is 19.6. The van der Waals surface area contributed by atoms with Gasteiger partial charge in [0.15, 0.2) is 5.65 Å². The number of methoxy groups -OCH3 is 1. The van der Waals surface area contributed by atoms with Crippen molar-refractivity contribution in [3.63, 3.8) is 0 Å². The van der Waals surface area contributed by atoms with Gasteiger partial charge < -0.3 is 15.0 Å². The predicted molar refractivity (Wildman–Crippen MR) is 130 cm³/mol. The Kier molecular flexibility index (Phi) is 5.88. The van der Waals surface area contributed by atoms with Gasteiger partial charge in [-0.15, -0.1) is 0 Å². The first-order chi connectivity index (χ1) is 16.5. The van der Waals surface area contributed by atoms with Crippen LogP contribution in [0.4, 0.5) is 15.9 Å². The van der Waals surface area contributed by atoms with Gasteiger partial charge in [0.25, 0.3) is 0 Å². The molecule has 1 N–H and O–H groups in total. The summed E-state index contributed by atoms with van der Waals surface area (Å²) < 4.78 is 21.0. The second-order valence-electron chi connectivity index (χ2n) is 8.51. The number of aromatic nitrogens is 3. The Morgan fingerprint density at radius 2 is 1.82 bits per heavy atom. The summed E-state index contributed by atoms with van der Waals surface area (Å²) in [6, 6.07) is 18.0. The van der Waals surface area contributed by atoms with Crippen molar-refractivity contribution in [1.82, 2.24) is 14.6 Å². The molecule has 0 atom stereocenters. The zero-order valence-electron chi connectivity index (χ0n) is 19.2. The van der Waals surface area contributed by atoms with Gasteiger partial charge >= 0.3 is 0 Å². The molecule has 0 aliphatic carbocycles. The van der Waals surface area contributed by atoms with Crippen molar-refractivity contribution in [3.05, 3.63) is 72.2 Å². The molecule has 1 amide bonds. The number of fused-ring (bicyclic) bond motifs is 1. The first kappa shape index (κ1) is 21.9. The maximum Gasteiger partial charge on any atom is 0.227 e. The van der Waals surface area contributed by atoms with Crippen LogP contribution in [-0.4, -0.2) is 40.7 Å². The van der Waals surface area contributed by atoms with E-state index in [1.165, 1.54) is 6.07 Å². The van der Waals surface area contributed by atoms with E-state index in [1.807, 2.05) is 47.8 Å². The number of aryl methyl sites for hydroxylation is 1. The van der Waals surface area contributed by atoms with Crippen LogP contribution in [-0.2, 0) is 4.79 Å². The number of benzene rings is 2.